The first kappa shape index (κ1) is 22.1. The zero-order chi connectivity index (χ0) is 22.8. The quantitative estimate of drug-likeness (QED) is 0.669. The Hall–Kier alpha value is -2.69. The molecule has 0 bridgehead atoms. The van der Waals surface area contributed by atoms with Crippen molar-refractivity contribution in [3.05, 3.63) is 71.0 Å². The predicted molar refractivity (Wildman–Crippen MR) is 127 cm³/mol. The highest BCUT2D eigenvalue weighted by Crippen LogP contribution is 2.52. The van der Waals surface area contributed by atoms with Crippen LogP contribution < -0.4 is 5.32 Å². The van der Waals surface area contributed by atoms with Crippen molar-refractivity contribution < 1.29 is 14.0 Å². The van der Waals surface area contributed by atoms with Gasteiger partial charge in [-0.25, -0.2) is 4.39 Å². The standard InChI is InChI=1S/C28H33FN2O2/c29-21-10-8-9-20(19-21)15-18-30-26(32)25-23-13-4-5-14-24(23)27(33)31(22-11-2-1-3-12-22)28(25)16-6-7-17-28/h4-5,8-10,13-14,19,22,25H,1-3,6-7,11-12,15-18H2,(H,30,32)/t25-/m1/s1. The summed E-state index contributed by atoms with van der Waals surface area (Å²) >= 11 is 0. The van der Waals surface area contributed by atoms with Gasteiger partial charge in [0, 0.05) is 18.2 Å². The van der Waals surface area contributed by atoms with E-state index in [-0.39, 0.29) is 29.6 Å². The number of carbonyl (C=O) groups is 2. The third-order valence-corrected chi connectivity index (χ3v) is 8.01. The minimum Gasteiger partial charge on any atom is -0.355 e. The monoisotopic (exact) mass is 448 g/mol. The average molecular weight is 449 g/mol. The fraction of sp³-hybridized carbons (Fsp3) is 0.500. The lowest BCUT2D eigenvalue weighted by atomic mass is 9.69. The third kappa shape index (κ3) is 4.07. The molecule has 0 aromatic heterocycles. The van der Waals surface area contributed by atoms with Gasteiger partial charge in [0.1, 0.15) is 5.82 Å². The molecule has 2 amide bonds. The molecule has 2 aliphatic carbocycles. The molecule has 33 heavy (non-hydrogen) atoms. The van der Waals surface area contributed by atoms with Crippen LogP contribution >= 0.6 is 0 Å². The summed E-state index contributed by atoms with van der Waals surface area (Å²) in [5.41, 5.74) is 2.00. The minimum absolute atomic E-state index is 0.00550. The van der Waals surface area contributed by atoms with E-state index in [1.165, 1.54) is 18.6 Å². The fourth-order valence-electron chi connectivity index (χ4n) is 6.60. The largest absolute Gasteiger partial charge is 0.355 e. The number of amides is 2. The molecule has 2 saturated carbocycles. The van der Waals surface area contributed by atoms with E-state index in [4.69, 9.17) is 0 Å². The van der Waals surface area contributed by atoms with Crippen molar-refractivity contribution >= 4 is 11.8 Å². The Morgan fingerprint density at radius 3 is 2.52 bits per heavy atom. The van der Waals surface area contributed by atoms with E-state index in [9.17, 15) is 14.0 Å². The molecule has 174 valence electrons. The molecule has 1 atom stereocenters. The lowest BCUT2D eigenvalue weighted by molar-refractivity contribution is -0.127. The van der Waals surface area contributed by atoms with Gasteiger partial charge in [0.15, 0.2) is 0 Å². The summed E-state index contributed by atoms with van der Waals surface area (Å²) in [5.74, 6) is -0.507. The van der Waals surface area contributed by atoms with E-state index in [1.807, 2.05) is 30.3 Å². The molecule has 1 heterocycles. The van der Waals surface area contributed by atoms with Gasteiger partial charge >= 0.3 is 0 Å². The first-order valence-electron chi connectivity index (χ1n) is 12.5. The number of hydrogen-bond donors (Lipinski definition) is 1. The van der Waals surface area contributed by atoms with Gasteiger partial charge in [0.2, 0.25) is 5.91 Å². The van der Waals surface area contributed by atoms with Crippen molar-refractivity contribution in [3.8, 4) is 0 Å². The average Bonchev–Trinajstić information content (AvgIpc) is 3.29. The van der Waals surface area contributed by atoms with Gasteiger partial charge in [-0.15, -0.1) is 0 Å². The SMILES string of the molecule is O=C(NCCc1cccc(F)c1)[C@H]1c2ccccc2C(=O)N(C2CCCCC2)C12CCCC2. The van der Waals surface area contributed by atoms with Crippen molar-refractivity contribution in [2.45, 2.75) is 81.7 Å². The Bertz CT molecular complexity index is 1020. The van der Waals surface area contributed by atoms with Crippen LogP contribution in [0.25, 0.3) is 0 Å². The van der Waals surface area contributed by atoms with E-state index in [1.54, 1.807) is 6.07 Å². The summed E-state index contributed by atoms with van der Waals surface area (Å²) in [4.78, 5) is 29.8. The number of rotatable bonds is 5. The molecule has 2 aromatic carbocycles. The van der Waals surface area contributed by atoms with Gasteiger partial charge in [0.05, 0.1) is 11.5 Å². The van der Waals surface area contributed by atoms with E-state index < -0.39 is 5.54 Å². The first-order valence-corrected chi connectivity index (χ1v) is 12.5. The van der Waals surface area contributed by atoms with Gasteiger partial charge in [-0.1, -0.05) is 62.4 Å². The smallest absolute Gasteiger partial charge is 0.254 e. The van der Waals surface area contributed by atoms with Crippen molar-refractivity contribution in [3.63, 3.8) is 0 Å². The fourth-order valence-corrected chi connectivity index (χ4v) is 6.60. The molecule has 1 spiro atoms. The van der Waals surface area contributed by atoms with Crippen molar-refractivity contribution in [2.24, 2.45) is 0 Å². The summed E-state index contributed by atoms with van der Waals surface area (Å²) in [7, 11) is 0. The maximum atomic E-state index is 13.8. The highest BCUT2D eigenvalue weighted by molar-refractivity contribution is 6.02. The van der Waals surface area contributed by atoms with Crippen LogP contribution in [0.4, 0.5) is 4.39 Å². The lowest BCUT2D eigenvalue weighted by Gasteiger charge is -2.54. The first-order chi connectivity index (χ1) is 16.1. The Morgan fingerprint density at radius 2 is 1.76 bits per heavy atom. The van der Waals surface area contributed by atoms with Gasteiger partial charge in [-0.05, 0) is 61.4 Å². The number of hydrogen-bond acceptors (Lipinski definition) is 2. The van der Waals surface area contributed by atoms with Crippen LogP contribution in [0.15, 0.2) is 48.5 Å². The summed E-state index contributed by atoms with van der Waals surface area (Å²) in [6, 6.07) is 14.5. The second-order valence-electron chi connectivity index (χ2n) is 9.97. The molecule has 5 rings (SSSR count). The molecule has 4 nitrogen and oxygen atoms in total. The van der Waals surface area contributed by atoms with Gasteiger partial charge in [-0.2, -0.15) is 0 Å². The van der Waals surface area contributed by atoms with Crippen LogP contribution in [-0.4, -0.2) is 34.8 Å². The molecule has 2 fully saturated rings. The highest BCUT2D eigenvalue weighted by atomic mass is 19.1. The summed E-state index contributed by atoms with van der Waals surface area (Å²) in [6.07, 6.45) is 10.0. The van der Waals surface area contributed by atoms with Crippen molar-refractivity contribution in [2.75, 3.05) is 6.54 Å². The second-order valence-corrected chi connectivity index (χ2v) is 9.97. The maximum Gasteiger partial charge on any atom is 0.254 e. The number of fused-ring (bicyclic) bond motifs is 1. The molecule has 3 aliphatic rings. The summed E-state index contributed by atoms with van der Waals surface area (Å²) in [6.45, 7) is 0.453. The van der Waals surface area contributed by atoms with Crippen LogP contribution in [0, 0.1) is 5.82 Å². The second kappa shape index (κ2) is 9.28. The number of nitrogens with zero attached hydrogens (tertiary/aromatic N) is 1. The Kier molecular flexibility index (Phi) is 6.22. The number of benzene rings is 2. The Morgan fingerprint density at radius 1 is 1.00 bits per heavy atom. The predicted octanol–water partition coefficient (Wildman–Crippen LogP) is 5.37. The minimum atomic E-state index is -0.434. The summed E-state index contributed by atoms with van der Waals surface area (Å²) in [5, 5.41) is 3.15. The topological polar surface area (TPSA) is 49.4 Å². The van der Waals surface area contributed by atoms with Crippen LogP contribution in [0.2, 0.25) is 0 Å². The maximum absolute atomic E-state index is 13.8. The molecular formula is C28H33FN2O2. The number of halogens is 1. The van der Waals surface area contributed by atoms with Crippen molar-refractivity contribution in [1.29, 1.82) is 0 Å². The van der Waals surface area contributed by atoms with Gasteiger partial charge < -0.3 is 10.2 Å². The highest BCUT2D eigenvalue weighted by Gasteiger charge is 2.57. The van der Waals surface area contributed by atoms with E-state index in [0.29, 0.717) is 18.5 Å². The normalized spacial score (nSPS) is 22.4. The molecule has 2 aromatic rings. The van der Waals surface area contributed by atoms with Gasteiger partial charge in [0.25, 0.3) is 5.91 Å². The van der Waals surface area contributed by atoms with Crippen LogP contribution in [0.3, 0.4) is 0 Å². The molecule has 1 N–H and O–H groups in total. The zero-order valence-electron chi connectivity index (χ0n) is 19.2. The van der Waals surface area contributed by atoms with E-state index in [0.717, 1.165) is 62.5 Å². The molecule has 0 unspecified atom stereocenters. The molecular weight excluding hydrogens is 415 g/mol. The summed E-state index contributed by atoms with van der Waals surface area (Å²) < 4.78 is 13.5. The number of nitrogens with one attached hydrogen (secondary N) is 1. The lowest BCUT2D eigenvalue weighted by Crippen LogP contribution is -2.63. The van der Waals surface area contributed by atoms with Crippen LogP contribution in [0.5, 0.6) is 0 Å². The molecule has 0 radical (unpaired) electrons. The molecule has 5 heteroatoms. The zero-order valence-corrected chi connectivity index (χ0v) is 19.2. The molecule has 1 aliphatic heterocycles. The Labute approximate surface area is 195 Å². The number of carbonyl (C=O) groups excluding carboxylic acids is 2. The molecule has 0 saturated heterocycles. The van der Waals surface area contributed by atoms with Crippen LogP contribution in [-0.2, 0) is 11.2 Å². The van der Waals surface area contributed by atoms with E-state index in [2.05, 4.69) is 10.2 Å². The van der Waals surface area contributed by atoms with E-state index >= 15 is 0 Å². The Balaban J connectivity index is 1.46. The van der Waals surface area contributed by atoms with Crippen LogP contribution in [0.1, 0.15) is 85.2 Å². The van der Waals surface area contributed by atoms with Gasteiger partial charge in [-0.3, -0.25) is 9.59 Å². The van der Waals surface area contributed by atoms with Crippen molar-refractivity contribution in [1.82, 2.24) is 10.2 Å². The third-order valence-electron chi connectivity index (χ3n) is 8.01.